The maximum Gasteiger partial charge on any atom is 0.0317 e. The van der Waals surface area contributed by atoms with Gasteiger partial charge in [-0.05, 0) is 41.5 Å². The van der Waals surface area contributed by atoms with Crippen LogP contribution in [-0.2, 0) is 5.41 Å². The summed E-state index contributed by atoms with van der Waals surface area (Å²) in [5, 5.41) is 0. The van der Waals surface area contributed by atoms with E-state index in [1.165, 1.54) is 16.7 Å². The van der Waals surface area contributed by atoms with Crippen molar-refractivity contribution in [3.8, 4) is 0 Å². The van der Waals surface area contributed by atoms with Crippen molar-refractivity contribution in [3.63, 3.8) is 0 Å². The van der Waals surface area contributed by atoms with Crippen LogP contribution in [0, 0.1) is 11.3 Å². The summed E-state index contributed by atoms with van der Waals surface area (Å²) < 4.78 is 0. The Labute approximate surface area is 123 Å². The Morgan fingerprint density at radius 3 is 2.35 bits per heavy atom. The van der Waals surface area contributed by atoms with Gasteiger partial charge in [0, 0.05) is 11.1 Å². The summed E-state index contributed by atoms with van der Waals surface area (Å²) in [7, 11) is 0. The predicted molar refractivity (Wildman–Crippen MR) is 88.7 cm³/mol. The molecule has 0 spiro atoms. The first-order chi connectivity index (χ1) is 9.15. The molecule has 0 fully saturated rings. The molecule has 108 valence electrons. The van der Waals surface area contributed by atoms with Crippen molar-refractivity contribution < 1.29 is 0 Å². The van der Waals surface area contributed by atoms with Gasteiger partial charge in [-0.1, -0.05) is 64.5 Å². The van der Waals surface area contributed by atoms with E-state index in [2.05, 4.69) is 71.9 Å². The second-order valence-electron chi connectivity index (χ2n) is 7.32. The first-order valence-corrected chi connectivity index (χ1v) is 7.43. The molecule has 0 saturated heterocycles. The van der Waals surface area contributed by atoms with Crippen molar-refractivity contribution in [2.24, 2.45) is 11.3 Å². The minimum atomic E-state index is 0.0319. The van der Waals surface area contributed by atoms with Crippen molar-refractivity contribution in [1.82, 2.24) is 0 Å². The molecule has 0 aromatic heterocycles. The molecule has 20 heavy (non-hydrogen) atoms. The van der Waals surface area contributed by atoms with Crippen molar-refractivity contribution in [2.75, 3.05) is 5.73 Å². The first-order valence-electron chi connectivity index (χ1n) is 7.43. The average Bonchev–Trinajstić information content (AvgIpc) is 2.34. The zero-order valence-electron chi connectivity index (χ0n) is 13.6. The maximum absolute atomic E-state index is 5.98. The SMILES string of the molecule is CC1=CC(C(C)(C)C)=CC(C)C1(C)c1cccc(N)c1. The van der Waals surface area contributed by atoms with E-state index >= 15 is 0 Å². The summed E-state index contributed by atoms with van der Waals surface area (Å²) in [6, 6.07) is 8.32. The Bertz CT molecular complexity index is 572. The smallest absolute Gasteiger partial charge is 0.0317 e. The van der Waals surface area contributed by atoms with E-state index in [4.69, 9.17) is 5.73 Å². The summed E-state index contributed by atoms with van der Waals surface area (Å²) >= 11 is 0. The molecule has 1 heteroatoms. The molecule has 0 radical (unpaired) electrons. The molecule has 1 aliphatic carbocycles. The Kier molecular flexibility index (Phi) is 3.58. The Morgan fingerprint density at radius 2 is 1.85 bits per heavy atom. The summed E-state index contributed by atoms with van der Waals surface area (Å²) in [6.07, 6.45) is 4.79. The van der Waals surface area contributed by atoms with Gasteiger partial charge in [0.15, 0.2) is 0 Å². The second-order valence-corrected chi connectivity index (χ2v) is 7.32. The van der Waals surface area contributed by atoms with Crippen LogP contribution < -0.4 is 5.73 Å². The number of rotatable bonds is 1. The molecule has 1 aliphatic rings. The van der Waals surface area contributed by atoms with E-state index < -0.39 is 0 Å². The lowest BCUT2D eigenvalue weighted by molar-refractivity contribution is 0.408. The molecule has 1 aromatic carbocycles. The number of nitrogen functional groups attached to an aromatic ring is 1. The molecule has 2 atom stereocenters. The molecule has 2 unspecified atom stereocenters. The highest BCUT2D eigenvalue weighted by Crippen LogP contribution is 2.46. The number of nitrogens with two attached hydrogens (primary N) is 1. The number of hydrogen-bond acceptors (Lipinski definition) is 1. The largest absolute Gasteiger partial charge is 0.399 e. The number of benzene rings is 1. The van der Waals surface area contributed by atoms with Crippen LogP contribution in [0.4, 0.5) is 5.69 Å². The molecule has 2 N–H and O–H groups in total. The Balaban J connectivity index is 2.51. The number of anilines is 1. The van der Waals surface area contributed by atoms with Gasteiger partial charge in [-0.15, -0.1) is 0 Å². The van der Waals surface area contributed by atoms with Gasteiger partial charge < -0.3 is 5.73 Å². The van der Waals surface area contributed by atoms with Gasteiger partial charge in [-0.25, -0.2) is 0 Å². The van der Waals surface area contributed by atoms with Crippen molar-refractivity contribution in [2.45, 2.75) is 47.0 Å². The molecule has 0 bridgehead atoms. The van der Waals surface area contributed by atoms with Crippen LogP contribution in [-0.4, -0.2) is 0 Å². The van der Waals surface area contributed by atoms with E-state index in [1.54, 1.807) is 0 Å². The average molecular weight is 269 g/mol. The number of hydrogen-bond donors (Lipinski definition) is 1. The van der Waals surface area contributed by atoms with Crippen LogP contribution >= 0.6 is 0 Å². The lowest BCUT2D eigenvalue weighted by Gasteiger charge is -2.41. The predicted octanol–water partition coefficient (Wildman–Crippen LogP) is 5.10. The lowest BCUT2D eigenvalue weighted by Crippen LogP contribution is -2.34. The summed E-state index contributed by atoms with van der Waals surface area (Å²) in [4.78, 5) is 0. The third-order valence-corrected chi connectivity index (χ3v) is 4.88. The van der Waals surface area contributed by atoms with E-state index in [-0.39, 0.29) is 10.8 Å². The lowest BCUT2D eigenvalue weighted by atomic mass is 9.63. The van der Waals surface area contributed by atoms with Gasteiger partial charge in [0.25, 0.3) is 0 Å². The topological polar surface area (TPSA) is 26.0 Å². The quantitative estimate of drug-likeness (QED) is 0.706. The summed E-state index contributed by atoms with van der Waals surface area (Å²) in [5.41, 5.74) is 11.2. The fourth-order valence-corrected chi connectivity index (χ4v) is 3.05. The molecule has 0 amide bonds. The molecular formula is C19H27N. The van der Waals surface area contributed by atoms with Gasteiger partial charge in [0.1, 0.15) is 0 Å². The zero-order chi connectivity index (χ0) is 15.1. The third kappa shape index (κ3) is 2.42. The van der Waals surface area contributed by atoms with E-state index in [0.29, 0.717) is 5.92 Å². The molecule has 1 nitrogen and oxygen atoms in total. The molecule has 0 saturated carbocycles. The van der Waals surface area contributed by atoms with Gasteiger partial charge in [-0.2, -0.15) is 0 Å². The Morgan fingerprint density at radius 1 is 1.20 bits per heavy atom. The van der Waals surface area contributed by atoms with Gasteiger partial charge in [0.2, 0.25) is 0 Å². The van der Waals surface area contributed by atoms with Crippen LogP contribution in [0.15, 0.2) is 47.6 Å². The van der Waals surface area contributed by atoms with Crippen LogP contribution in [0.2, 0.25) is 0 Å². The Hall–Kier alpha value is -1.50. The first kappa shape index (κ1) is 14.9. The maximum atomic E-state index is 5.98. The monoisotopic (exact) mass is 269 g/mol. The van der Waals surface area contributed by atoms with Crippen molar-refractivity contribution in [3.05, 3.63) is 53.1 Å². The summed E-state index contributed by atoms with van der Waals surface area (Å²) in [6.45, 7) is 13.7. The summed E-state index contributed by atoms with van der Waals surface area (Å²) in [5.74, 6) is 0.462. The number of allylic oxidation sites excluding steroid dienone is 4. The van der Waals surface area contributed by atoms with Crippen molar-refractivity contribution in [1.29, 1.82) is 0 Å². The molecular weight excluding hydrogens is 242 g/mol. The molecule has 2 rings (SSSR count). The van der Waals surface area contributed by atoms with E-state index in [0.717, 1.165) is 5.69 Å². The van der Waals surface area contributed by atoms with E-state index in [1.807, 2.05) is 6.07 Å². The third-order valence-electron chi connectivity index (χ3n) is 4.88. The minimum Gasteiger partial charge on any atom is -0.399 e. The highest BCUT2D eigenvalue weighted by atomic mass is 14.5. The second kappa shape index (κ2) is 4.80. The van der Waals surface area contributed by atoms with Gasteiger partial charge in [-0.3, -0.25) is 0 Å². The highest BCUT2D eigenvalue weighted by molar-refractivity contribution is 5.50. The molecule has 0 heterocycles. The van der Waals surface area contributed by atoms with Crippen molar-refractivity contribution >= 4 is 5.69 Å². The fourth-order valence-electron chi connectivity index (χ4n) is 3.05. The molecule has 0 aliphatic heterocycles. The van der Waals surface area contributed by atoms with Gasteiger partial charge in [0.05, 0.1) is 0 Å². The highest BCUT2D eigenvalue weighted by Gasteiger charge is 2.37. The fraction of sp³-hybridized carbons (Fsp3) is 0.474. The van der Waals surface area contributed by atoms with Crippen LogP contribution in [0.3, 0.4) is 0 Å². The zero-order valence-corrected chi connectivity index (χ0v) is 13.6. The van der Waals surface area contributed by atoms with E-state index in [9.17, 15) is 0 Å². The van der Waals surface area contributed by atoms with Gasteiger partial charge >= 0.3 is 0 Å². The normalized spacial score (nSPS) is 27.0. The standard InChI is InChI=1S/C19H27N/c1-13-10-16(18(3,4)5)11-14(2)19(13,6)15-8-7-9-17(20)12-15/h7-13H,20H2,1-6H3. The minimum absolute atomic E-state index is 0.0319. The van der Waals surface area contributed by atoms with Crippen LogP contribution in [0.25, 0.3) is 0 Å². The van der Waals surface area contributed by atoms with Crippen LogP contribution in [0.5, 0.6) is 0 Å². The van der Waals surface area contributed by atoms with Crippen LogP contribution in [0.1, 0.15) is 47.1 Å². The molecule has 1 aromatic rings.